The quantitative estimate of drug-likeness (QED) is 0.755. The maximum absolute atomic E-state index is 13.4. The minimum atomic E-state index is -0.957. The number of nitrogens with one attached hydrogen (secondary N) is 1. The molecular weight excluding hydrogens is 311 g/mol. The van der Waals surface area contributed by atoms with Crippen molar-refractivity contribution in [1.82, 2.24) is 10.2 Å². The largest absolute Gasteiger partial charge is 0.491 e. The maximum atomic E-state index is 13.4. The van der Waals surface area contributed by atoms with Gasteiger partial charge in [-0.1, -0.05) is 12.1 Å². The molecule has 1 aliphatic heterocycles. The van der Waals surface area contributed by atoms with E-state index < -0.39 is 6.17 Å². The van der Waals surface area contributed by atoms with Gasteiger partial charge in [-0.2, -0.15) is 0 Å². The fourth-order valence-electron chi connectivity index (χ4n) is 2.90. The number of likely N-dealkylation sites (tertiary alicyclic amines) is 1. The zero-order chi connectivity index (χ0) is 17.5. The van der Waals surface area contributed by atoms with Crippen molar-refractivity contribution < 1.29 is 19.0 Å². The molecule has 0 radical (unpaired) electrons. The van der Waals surface area contributed by atoms with Crippen LogP contribution in [0.25, 0.3) is 0 Å². The van der Waals surface area contributed by atoms with Crippen LogP contribution in [0.2, 0.25) is 0 Å². The number of alkyl halides is 1. The van der Waals surface area contributed by atoms with Crippen molar-refractivity contribution in [3.05, 3.63) is 29.8 Å². The van der Waals surface area contributed by atoms with Gasteiger partial charge < -0.3 is 15.2 Å². The van der Waals surface area contributed by atoms with Crippen molar-refractivity contribution in [3.63, 3.8) is 0 Å². The Balaban J connectivity index is 1.70. The lowest BCUT2D eigenvalue weighted by molar-refractivity contribution is -0.122. The molecule has 0 aliphatic carbocycles. The van der Waals surface area contributed by atoms with E-state index in [0.717, 1.165) is 17.7 Å². The lowest BCUT2D eigenvalue weighted by atomic mass is 10.1. The van der Waals surface area contributed by atoms with Crippen molar-refractivity contribution in [2.75, 3.05) is 26.2 Å². The zero-order valence-corrected chi connectivity index (χ0v) is 14.4. The first-order chi connectivity index (χ1) is 11.5. The Kier molecular flexibility index (Phi) is 6.99. The third-order valence-corrected chi connectivity index (χ3v) is 4.07. The van der Waals surface area contributed by atoms with Crippen molar-refractivity contribution in [1.29, 1.82) is 0 Å². The fraction of sp³-hybridized carbons (Fsp3) is 0.611. The summed E-state index contributed by atoms with van der Waals surface area (Å²) in [6, 6.07) is 7.57. The van der Waals surface area contributed by atoms with Gasteiger partial charge in [0.1, 0.15) is 11.9 Å². The molecule has 5 nitrogen and oxygen atoms in total. The Morgan fingerprint density at radius 1 is 1.42 bits per heavy atom. The zero-order valence-electron chi connectivity index (χ0n) is 14.4. The van der Waals surface area contributed by atoms with E-state index in [4.69, 9.17) is 4.74 Å². The van der Waals surface area contributed by atoms with Gasteiger partial charge in [0, 0.05) is 19.1 Å². The molecule has 2 N–H and O–H groups in total. The lowest BCUT2D eigenvalue weighted by Gasteiger charge is -2.21. The summed E-state index contributed by atoms with van der Waals surface area (Å²) in [5, 5.41) is 12.1. The summed E-state index contributed by atoms with van der Waals surface area (Å²) in [6.45, 7) is 4.73. The second-order valence-corrected chi connectivity index (χ2v) is 6.51. The van der Waals surface area contributed by atoms with Gasteiger partial charge in [0.15, 0.2) is 0 Å². The number of rotatable bonds is 8. The molecule has 0 spiro atoms. The average molecular weight is 338 g/mol. The van der Waals surface area contributed by atoms with E-state index in [1.807, 2.05) is 38.1 Å². The summed E-state index contributed by atoms with van der Waals surface area (Å²) in [4.78, 5) is 13.7. The first kappa shape index (κ1) is 18.7. The van der Waals surface area contributed by atoms with Crippen LogP contribution >= 0.6 is 0 Å². The predicted molar refractivity (Wildman–Crippen MR) is 90.9 cm³/mol. The standard InChI is InChI=1S/C18H27FN2O3/c1-13(2)24-17-5-3-14(4-6-17)7-8-20-18(23)11-21-10-15(19)9-16(21)12-22/h3-6,13,15-16,22H,7-12H2,1-2H3,(H,20,23)/t15-,16-/m0/s1. The minimum Gasteiger partial charge on any atom is -0.491 e. The number of aliphatic hydroxyl groups is 1. The first-order valence-corrected chi connectivity index (χ1v) is 8.49. The van der Waals surface area contributed by atoms with Gasteiger partial charge in [-0.25, -0.2) is 4.39 Å². The monoisotopic (exact) mass is 338 g/mol. The highest BCUT2D eigenvalue weighted by Crippen LogP contribution is 2.19. The molecule has 0 unspecified atom stereocenters. The van der Waals surface area contributed by atoms with Gasteiger partial charge >= 0.3 is 0 Å². The normalized spacial score (nSPS) is 21.2. The summed E-state index contributed by atoms with van der Waals surface area (Å²) >= 11 is 0. The number of halogens is 1. The number of carbonyl (C=O) groups excluding carboxylic acids is 1. The van der Waals surface area contributed by atoms with Crippen molar-refractivity contribution >= 4 is 5.91 Å². The van der Waals surface area contributed by atoms with E-state index >= 15 is 0 Å². The molecule has 1 saturated heterocycles. The molecule has 1 aromatic carbocycles. The maximum Gasteiger partial charge on any atom is 0.234 e. The summed E-state index contributed by atoms with van der Waals surface area (Å²) in [6.07, 6.45) is 0.214. The third-order valence-electron chi connectivity index (χ3n) is 4.07. The van der Waals surface area contributed by atoms with Crippen LogP contribution in [0.4, 0.5) is 4.39 Å². The molecule has 24 heavy (non-hydrogen) atoms. The number of carbonyl (C=O) groups is 1. The van der Waals surface area contributed by atoms with Crippen LogP contribution in [0.15, 0.2) is 24.3 Å². The molecule has 2 atom stereocenters. The van der Waals surface area contributed by atoms with Gasteiger partial charge in [0.05, 0.1) is 19.3 Å². The number of amides is 1. The molecular formula is C18H27FN2O3. The molecule has 1 aliphatic rings. The molecule has 1 aromatic rings. The Morgan fingerprint density at radius 2 is 2.12 bits per heavy atom. The Bertz CT molecular complexity index is 522. The molecule has 0 bridgehead atoms. The smallest absolute Gasteiger partial charge is 0.234 e. The van der Waals surface area contributed by atoms with Gasteiger partial charge in [0.25, 0.3) is 0 Å². The van der Waals surface area contributed by atoms with E-state index in [0.29, 0.717) is 13.0 Å². The van der Waals surface area contributed by atoms with E-state index in [1.54, 1.807) is 4.90 Å². The Morgan fingerprint density at radius 3 is 2.75 bits per heavy atom. The van der Waals surface area contributed by atoms with Crippen LogP contribution in [0, 0.1) is 0 Å². The van der Waals surface area contributed by atoms with Crippen molar-refractivity contribution in [2.24, 2.45) is 0 Å². The van der Waals surface area contributed by atoms with Crippen LogP contribution in [0.1, 0.15) is 25.8 Å². The van der Waals surface area contributed by atoms with E-state index in [9.17, 15) is 14.3 Å². The first-order valence-electron chi connectivity index (χ1n) is 8.49. The Hall–Kier alpha value is -1.66. The van der Waals surface area contributed by atoms with Crippen LogP contribution in [-0.2, 0) is 11.2 Å². The van der Waals surface area contributed by atoms with E-state index in [1.165, 1.54) is 0 Å². The summed E-state index contributed by atoms with van der Waals surface area (Å²) < 4.78 is 18.9. The second-order valence-electron chi connectivity index (χ2n) is 6.51. The minimum absolute atomic E-state index is 0.113. The van der Waals surface area contributed by atoms with Crippen LogP contribution in [-0.4, -0.2) is 60.5 Å². The molecule has 1 heterocycles. The number of hydrogen-bond acceptors (Lipinski definition) is 4. The Labute approximate surface area is 142 Å². The second kappa shape index (κ2) is 8.99. The number of nitrogens with zero attached hydrogens (tertiary/aromatic N) is 1. The van der Waals surface area contributed by atoms with Crippen LogP contribution < -0.4 is 10.1 Å². The molecule has 6 heteroatoms. The van der Waals surface area contributed by atoms with Gasteiger partial charge in [-0.15, -0.1) is 0 Å². The summed E-state index contributed by atoms with van der Waals surface area (Å²) in [5.41, 5.74) is 1.12. The number of benzene rings is 1. The number of aliphatic hydroxyl groups excluding tert-OH is 1. The topological polar surface area (TPSA) is 61.8 Å². The lowest BCUT2D eigenvalue weighted by Crippen LogP contribution is -2.41. The predicted octanol–water partition coefficient (Wildman–Crippen LogP) is 1.54. The molecule has 134 valence electrons. The molecule has 1 amide bonds. The number of hydrogen-bond donors (Lipinski definition) is 2. The fourth-order valence-corrected chi connectivity index (χ4v) is 2.90. The molecule has 2 rings (SSSR count). The number of ether oxygens (including phenoxy) is 1. The van der Waals surface area contributed by atoms with E-state index in [-0.39, 0.29) is 37.7 Å². The van der Waals surface area contributed by atoms with Crippen molar-refractivity contribution in [3.8, 4) is 5.75 Å². The van der Waals surface area contributed by atoms with Gasteiger partial charge in [0.2, 0.25) is 5.91 Å². The van der Waals surface area contributed by atoms with Crippen LogP contribution in [0.3, 0.4) is 0 Å². The van der Waals surface area contributed by atoms with E-state index in [2.05, 4.69) is 5.32 Å². The van der Waals surface area contributed by atoms with Crippen molar-refractivity contribution in [2.45, 2.75) is 45.0 Å². The average Bonchev–Trinajstić information content (AvgIpc) is 2.88. The molecule has 0 aromatic heterocycles. The highest BCUT2D eigenvalue weighted by atomic mass is 19.1. The van der Waals surface area contributed by atoms with Gasteiger partial charge in [-0.05, 0) is 44.4 Å². The highest BCUT2D eigenvalue weighted by Gasteiger charge is 2.32. The molecule has 0 saturated carbocycles. The summed E-state index contributed by atoms with van der Waals surface area (Å²) in [5.74, 6) is 0.699. The third kappa shape index (κ3) is 5.76. The molecule has 1 fully saturated rings. The SMILES string of the molecule is CC(C)Oc1ccc(CCNC(=O)CN2C[C@@H](F)C[C@H]2CO)cc1. The summed E-state index contributed by atoms with van der Waals surface area (Å²) in [7, 11) is 0. The highest BCUT2D eigenvalue weighted by molar-refractivity contribution is 5.78. The van der Waals surface area contributed by atoms with Gasteiger partial charge in [-0.3, -0.25) is 9.69 Å². The van der Waals surface area contributed by atoms with Crippen LogP contribution in [0.5, 0.6) is 5.75 Å².